The number of H-pyrrole nitrogens is 1. The van der Waals surface area contributed by atoms with E-state index >= 15 is 0 Å². The summed E-state index contributed by atoms with van der Waals surface area (Å²) in [5.41, 5.74) is 0.304. The van der Waals surface area contributed by atoms with Crippen LogP contribution in [0.2, 0.25) is 0 Å². The Bertz CT molecular complexity index is 840. The first-order chi connectivity index (χ1) is 12.0. The summed E-state index contributed by atoms with van der Waals surface area (Å²) in [7, 11) is 3.05. The number of hydrogen-bond donors (Lipinski definition) is 2. The van der Waals surface area contributed by atoms with Gasteiger partial charge >= 0.3 is 5.97 Å². The quantitative estimate of drug-likeness (QED) is 0.838. The second kappa shape index (κ2) is 7.10. The van der Waals surface area contributed by atoms with Gasteiger partial charge in [0.05, 0.1) is 37.6 Å². The van der Waals surface area contributed by atoms with Gasteiger partial charge in [0.1, 0.15) is 5.82 Å². The molecular formula is C17H21N3O5. The van der Waals surface area contributed by atoms with E-state index in [1.165, 1.54) is 14.2 Å². The third-order valence-corrected chi connectivity index (χ3v) is 4.57. The molecule has 1 aromatic heterocycles. The highest BCUT2D eigenvalue weighted by Crippen LogP contribution is 2.30. The van der Waals surface area contributed by atoms with Crippen molar-refractivity contribution < 1.29 is 19.4 Å². The number of carboxylic acid groups (broad SMARTS) is 1. The Morgan fingerprint density at radius 1 is 1.28 bits per heavy atom. The maximum atomic E-state index is 12.4. The van der Waals surface area contributed by atoms with Crippen LogP contribution < -0.4 is 15.0 Å². The highest BCUT2D eigenvalue weighted by molar-refractivity contribution is 5.81. The summed E-state index contributed by atoms with van der Waals surface area (Å²) in [6.45, 7) is 1.82. The molecule has 25 heavy (non-hydrogen) atoms. The number of fused-ring (bicyclic) bond motifs is 1. The first-order valence-electron chi connectivity index (χ1n) is 8.12. The lowest BCUT2D eigenvalue weighted by Gasteiger charge is -2.29. The van der Waals surface area contributed by atoms with Gasteiger partial charge in [0.15, 0.2) is 11.5 Å². The van der Waals surface area contributed by atoms with Crippen LogP contribution in [0.15, 0.2) is 16.9 Å². The summed E-state index contributed by atoms with van der Waals surface area (Å²) in [6.07, 6.45) is 1.22. The van der Waals surface area contributed by atoms with Crippen molar-refractivity contribution in [2.45, 2.75) is 19.4 Å². The first kappa shape index (κ1) is 17.2. The van der Waals surface area contributed by atoms with E-state index in [1.54, 1.807) is 12.1 Å². The molecule has 2 N–H and O–H groups in total. The molecule has 1 aromatic carbocycles. The predicted octanol–water partition coefficient (Wildman–Crippen LogP) is 1.24. The van der Waals surface area contributed by atoms with Crippen molar-refractivity contribution in [2.24, 2.45) is 5.92 Å². The molecule has 3 rings (SSSR count). The highest BCUT2D eigenvalue weighted by atomic mass is 16.5. The van der Waals surface area contributed by atoms with Gasteiger partial charge in [-0.1, -0.05) is 0 Å². The Hall–Kier alpha value is -2.61. The lowest BCUT2D eigenvalue weighted by atomic mass is 9.97. The number of rotatable bonds is 5. The number of methoxy groups -OCH3 is 2. The molecule has 1 aliphatic heterocycles. The van der Waals surface area contributed by atoms with Crippen LogP contribution in [0, 0.1) is 5.92 Å². The smallest absolute Gasteiger partial charge is 0.306 e. The molecule has 2 aromatic rings. The van der Waals surface area contributed by atoms with Gasteiger partial charge in [-0.15, -0.1) is 0 Å². The fourth-order valence-corrected chi connectivity index (χ4v) is 3.14. The highest BCUT2D eigenvalue weighted by Gasteiger charge is 2.24. The Labute approximate surface area is 144 Å². The summed E-state index contributed by atoms with van der Waals surface area (Å²) < 4.78 is 10.5. The molecule has 0 spiro atoms. The van der Waals surface area contributed by atoms with E-state index in [1.807, 2.05) is 0 Å². The molecule has 8 nitrogen and oxygen atoms in total. The van der Waals surface area contributed by atoms with Crippen molar-refractivity contribution >= 4 is 16.9 Å². The van der Waals surface area contributed by atoms with Crippen LogP contribution in [-0.4, -0.2) is 53.3 Å². The summed E-state index contributed by atoms with van der Waals surface area (Å²) in [5.74, 6) is 0.528. The van der Waals surface area contributed by atoms with E-state index in [0.29, 0.717) is 60.7 Å². The molecule has 0 saturated carbocycles. The van der Waals surface area contributed by atoms with E-state index in [2.05, 4.69) is 14.9 Å². The third-order valence-electron chi connectivity index (χ3n) is 4.57. The third kappa shape index (κ3) is 3.58. The molecular weight excluding hydrogens is 326 g/mol. The monoisotopic (exact) mass is 347 g/mol. The van der Waals surface area contributed by atoms with Crippen LogP contribution in [0.3, 0.4) is 0 Å². The topological polar surface area (TPSA) is 105 Å². The van der Waals surface area contributed by atoms with Crippen LogP contribution in [-0.2, 0) is 11.3 Å². The fourth-order valence-electron chi connectivity index (χ4n) is 3.14. The molecule has 134 valence electrons. The number of nitrogens with one attached hydrogen (secondary N) is 1. The zero-order chi connectivity index (χ0) is 18.0. The van der Waals surface area contributed by atoms with Crippen LogP contribution in [0.1, 0.15) is 18.7 Å². The average Bonchev–Trinajstić information content (AvgIpc) is 2.61. The molecule has 0 aliphatic carbocycles. The normalized spacial score (nSPS) is 16.1. The number of hydrogen-bond acceptors (Lipinski definition) is 6. The molecule has 0 atom stereocenters. The number of carboxylic acids is 1. The first-order valence-corrected chi connectivity index (χ1v) is 8.12. The van der Waals surface area contributed by atoms with E-state index in [4.69, 9.17) is 14.6 Å². The van der Waals surface area contributed by atoms with E-state index in [-0.39, 0.29) is 11.5 Å². The average molecular weight is 347 g/mol. The molecule has 1 aliphatic rings. The number of nitrogens with zero attached hydrogens (tertiary/aromatic N) is 2. The van der Waals surface area contributed by atoms with Gasteiger partial charge < -0.3 is 19.6 Å². The van der Waals surface area contributed by atoms with Crippen LogP contribution in [0.5, 0.6) is 11.5 Å². The fraction of sp³-hybridized carbons (Fsp3) is 0.471. The van der Waals surface area contributed by atoms with Gasteiger partial charge in [0.25, 0.3) is 5.56 Å². The second-order valence-corrected chi connectivity index (χ2v) is 6.13. The summed E-state index contributed by atoms with van der Waals surface area (Å²) in [6, 6.07) is 3.30. The molecule has 2 heterocycles. The van der Waals surface area contributed by atoms with Crippen molar-refractivity contribution in [1.29, 1.82) is 0 Å². The van der Waals surface area contributed by atoms with E-state index in [0.717, 1.165) is 0 Å². The van der Waals surface area contributed by atoms with E-state index < -0.39 is 5.97 Å². The van der Waals surface area contributed by atoms with Crippen molar-refractivity contribution in [3.8, 4) is 11.5 Å². The largest absolute Gasteiger partial charge is 0.493 e. The molecule has 0 radical (unpaired) electrons. The summed E-state index contributed by atoms with van der Waals surface area (Å²) >= 11 is 0. The minimum Gasteiger partial charge on any atom is -0.493 e. The number of ether oxygens (including phenoxy) is 2. The van der Waals surface area contributed by atoms with Gasteiger partial charge in [-0.25, -0.2) is 4.98 Å². The molecule has 0 bridgehead atoms. The van der Waals surface area contributed by atoms with E-state index in [9.17, 15) is 9.59 Å². The number of piperidine rings is 1. The summed E-state index contributed by atoms with van der Waals surface area (Å²) in [5, 5.41) is 9.50. The Kier molecular flexibility index (Phi) is 4.89. The Morgan fingerprint density at radius 3 is 2.52 bits per heavy atom. The van der Waals surface area contributed by atoms with Gasteiger partial charge in [0, 0.05) is 6.07 Å². The van der Waals surface area contributed by atoms with Crippen LogP contribution in [0.4, 0.5) is 0 Å². The van der Waals surface area contributed by atoms with Crippen LogP contribution >= 0.6 is 0 Å². The lowest BCUT2D eigenvalue weighted by molar-refractivity contribution is -0.143. The lowest BCUT2D eigenvalue weighted by Crippen LogP contribution is -2.36. The molecule has 0 unspecified atom stereocenters. The molecule has 1 fully saturated rings. The van der Waals surface area contributed by atoms with Crippen LogP contribution in [0.25, 0.3) is 10.9 Å². The number of aromatic nitrogens is 2. The zero-order valence-electron chi connectivity index (χ0n) is 14.2. The standard InChI is InChI=1S/C17H21N3O5/c1-24-13-7-11-12(8-14(13)25-2)18-15(19-16(11)21)9-20-5-3-10(4-6-20)17(22)23/h7-8,10H,3-6,9H2,1-2H3,(H,22,23)(H,18,19,21). The maximum Gasteiger partial charge on any atom is 0.306 e. The molecule has 0 amide bonds. The minimum absolute atomic E-state index is 0.235. The number of carbonyl (C=O) groups is 1. The van der Waals surface area contributed by atoms with Gasteiger partial charge in [-0.05, 0) is 32.0 Å². The van der Waals surface area contributed by atoms with Gasteiger partial charge in [-0.3, -0.25) is 14.5 Å². The molecule has 1 saturated heterocycles. The SMILES string of the molecule is COc1cc2nc(CN3CCC(C(=O)O)CC3)[nH]c(=O)c2cc1OC. The number of aliphatic carboxylic acids is 1. The second-order valence-electron chi connectivity index (χ2n) is 6.13. The predicted molar refractivity (Wildman–Crippen MR) is 91.1 cm³/mol. The zero-order valence-corrected chi connectivity index (χ0v) is 14.2. The Balaban J connectivity index is 1.83. The van der Waals surface area contributed by atoms with Crippen molar-refractivity contribution in [3.05, 3.63) is 28.3 Å². The number of likely N-dealkylation sites (tertiary alicyclic amines) is 1. The van der Waals surface area contributed by atoms with Gasteiger partial charge in [0.2, 0.25) is 0 Å². The number of aromatic amines is 1. The van der Waals surface area contributed by atoms with Gasteiger partial charge in [-0.2, -0.15) is 0 Å². The molecule has 8 heteroatoms. The number of benzene rings is 1. The van der Waals surface area contributed by atoms with Crippen molar-refractivity contribution in [3.63, 3.8) is 0 Å². The minimum atomic E-state index is -0.738. The maximum absolute atomic E-state index is 12.4. The van der Waals surface area contributed by atoms with Crippen molar-refractivity contribution in [1.82, 2.24) is 14.9 Å². The summed E-state index contributed by atoms with van der Waals surface area (Å²) in [4.78, 5) is 32.8. The van der Waals surface area contributed by atoms with Crippen molar-refractivity contribution in [2.75, 3.05) is 27.3 Å². The Morgan fingerprint density at radius 2 is 1.92 bits per heavy atom.